The largest absolute Gasteiger partial charge is 0.428 e. The maximum absolute atomic E-state index is 13.1. The SMILES string of the molecule is OC(N(C1CCNCC1)C1CC1c1ccccc1)C(F)(F)F. The van der Waals surface area contributed by atoms with Crippen molar-refractivity contribution >= 4 is 0 Å². The number of nitrogens with zero attached hydrogens (tertiary/aromatic N) is 1. The number of aliphatic hydroxyl groups excluding tert-OH is 1. The fraction of sp³-hybridized carbons (Fsp3) is 0.625. The minimum Gasteiger partial charge on any atom is -0.370 e. The molecule has 3 nitrogen and oxygen atoms in total. The maximum atomic E-state index is 13.1. The van der Waals surface area contributed by atoms with Crippen LogP contribution in [0.4, 0.5) is 13.2 Å². The molecule has 1 saturated carbocycles. The predicted molar refractivity (Wildman–Crippen MR) is 77.4 cm³/mol. The van der Waals surface area contributed by atoms with Crippen LogP contribution in [0.5, 0.6) is 0 Å². The fourth-order valence-electron chi connectivity index (χ4n) is 3.50. The molecule has 1 aromatic rings. The molecule has 1 aromatic carbocycles. The molecule has 1 aliphatic carbocycles. The van der Waals surface area contributed by atoms with Crippen molar-refractivity contribution in [2.24, 2.45) is 0 Å². The number of hydrogen-bond acceptors (Lipinski definition) is 3. The highest BCUT2D eigenvalue weighted by molar-refractivity contribution is 5.28. The van der Waals surface area contributed by atoms with Crippen LogP contribution in [0.1, 0.15) is 30.7 Å². The Morgan fingerprint density at radius 2 is 1.77 bits per heavy atom. The number of hydrogen-bond donors (Lipinski definition) is 2. The zero-order valence-corrected chi connectivity index (χ0v) is 12.3. The molecule has 0 radical (unpaired) electrons. The van der Waals surface area contributed by atoms with E-state index in [0.29, 0.717) is 32.4 Å². The van der Waals surface area contributed by atoms with Crippen LogP contribution in [-0.4, -0.2) is 47.6 Å². The van der Waals surface area contributed by atoms with Crippen molar-refractivity contribution in [3.05, 3.63) is 35.9 Å². The Labute approximate surface area is 128 Å². The molecule has 2 aliphatic rings. The highest BCUT2D eigenvalue weighted by Crippen LogP contribution is 2.48. The number of piperidine rings is 1. The van der Waals surface area contributed by atoms with Crippen LogP contribution < -0.4 is 5.32 Å². The van der Waals surface area contributed by atoms with E-state index >= 15 is 0 Å². The van der Waals surface area contributed by atoms with Gasteiger partial charge in [0.05, 0.1) is 0 Å². The van der Waals surface area contributed by atoms with E-state index in [1.165, 1.54) is 4.90 Å². The van der Waals surface area contributed by atoms with E-state index in [9.17, 15) is 18.3 Å². The van der Waals surface area contributed by atoms with E-state index in [2.05, 4.69) is 5.32 Å². The summed E-state index contributed by atoms with van der Waals surface area (Å²) in [6, 6.07) is 9.17. The first-order valence-corrected chi connectivity index (χ1v) is 7.76. The molecule has 0 bridgehead atoms. The monoisotopic (exact) mass is 314 g/mol. The summed E-state index contributed by atoms with van der Waals surface area (Å²) in [7, 11) is 0. The number of nitrogens with one attached hydrogen (secondary N) is 1. The first kappa shape index (κ1) is 15.8. The molecule has 0 amide bonds. The summed E-state index contributed by atoms with van der Waals surface area (Å²) in [4.78, 5) is 1.32. The standard InChI is InChI=1S/C16H21F3N2O/c17-16(18,19)15(22)21(12-6-8-20-9-7-12)14-10-13(14)11-4-2-1-3-5-11/h1-5,12-15,20,22H,6-10H2. The molecular weight excluding hydrogens is 293 g/mol. The van der Waals surface area contributed by atoms with E-state index < -0.39 is 12.4 Å². The van der Waals surface area contributed by atoms with Crippen LogP contribution in [0.3, 0.4) is 0 Å². The van der Waals surface area contributed by atoms with E-state index in [0.717, 1.165) is 5.56 Å². The third-order valence-electron chi connectivity index (χ3n) is 4.67. The Balaban J connectivity index is 1.77. The van der Waals surface area contributed by atoms with Crippen molar-refractivity contribution in [1.82, 2.24) is 10.2 Å². The Bertz CT molecular complexity index is 488. The number of rotatable bonds is 4. The summed E-state index contributed by atoms with van der Waals surface area (Å²) in [5.41, 5.74) is 1.06. The second-order valence-corrected chi connectivity index (χ2v) is 6.16. The number of halogens is 3. The van der Waals surface area contributed by atoms with Crippen LogP contribution in [-0.2, 0) is 0 Å². The van der Waals surface area contributed by atoms with Crippen LogP contribution in [0.25, 0.3) is 0 Å². The van der Waals surface area contributed by atoms with Gasteiger partial charge in [-0.1, -0.05) is 30.3 Å². The van der Waals surface area contributed by atoms with Gasteiger partial charge in [0.2, 0.25) is 6.23 Å². The Morgan fingerprint density at radius 3 is 2.36 bits per heavy atom. The number of benzene rings is 1. The lowest BCUT2D eigenvalue weighted by Gasteiger charge is -2.38. The molecule has 0 spiro atoms. The van der Waals surface area contributed by atoms with Crippen LogP contribution in [0.15, 0.2) is 30.3 Å². The van der Waals surface area contributed by atoms with Crippen LogP contribution >= 0.6 is 0 Å². The van der Waals surface area contributed by atoms with E-state index in [4.69, 9.17) is 0 Å². The molecule has 0 aromatic heterocycles. The molecule has 2 fully saturated rings. The molecular formula is C16H21F3N2O. The molecule has 22 heavy (non-hydrogen) atoms. The topological polar surface area (TPSA) is 35.5 Å². The van der Waals surface area contributed by atoms with Crippen LogP contribution in [0.2, 0.25) is 0 Å². The summed E-state index contributed by atoms with van der Waals surface area (Å²) >= 11 is 0. The van der Waals surface area contributed by atoms with Gasteiger partial charge < -0.3 is 10.4 Å². The molecule has 3 unspecified atom stereocenters. The smallest absolute Gasteiger partial charge is 0.370 e. The van der Waals surface area contributed by atoms with Crippen molar-refractivity contribution in [2.45, 2.75) is 49.7 Å². The van der Waals surface area contributed by atoms with Crippen molar-refractivity contribution in [3.8, 4) is 0 Å². The average Bonchev–Trinajstić information content (AvgIpc) is 3.29. The average molecular weight is 314 g/mol. The molecule has 3 atom stereocenters. The minimum atomic E-state index is -4.60. The molecule has 1 heterocycles. The minimum absolute atomic E-state index is 0.0908. The Morgan fingerprint density at radius 1 is 1.14 bits per heavy atom. The highest BCUT2D eigenvalue weighted by atomic mass is 19.4. The van der Waals surface area contributed by atoms with Crippen molar-refractivity contribution in [2.75, 3.05) is 13.1 Å². The highest BCUT2D eigenvalue weighted by Gasteiger charge is 2.54. The van der Waals surface area contributed by atoms with E-state index in [1.807, 2.05) is 30.3 Å². The number of alkyl halides is 3. The second-order valence-electron chi connectivity index (χ2n) is 6.16. The summed E-state index contributed by atoms with van der Waals surface area (Å²) in [5.74, 6) is 0.0908. The third kappa shape index (κ3) is 3.29. The van der Waals surface area contributed by atoms with Gasteiger partial charge in [0.25, 0.3) is 0 Å². The maximum Gasteiger partial charge on any atom is 0.428 e. The zero-order valence-electron chi connectivity index (χ0n) is 12.3. The normalized spacial score (nSPS) is 27.9. The van der Waals surface area contributed by atoms with Gasteiger partial charge >= 0.3 is 6.18 Å². The van der Waals surface area contributed by atoms with Crippen molar-refractivity contribution < 1.29 is 18.3 Å². The summed E-state index contributed by atoms with van der Waals surface area (Å²) in [6.07, 6.45) is -5.00. The first-order chi connectivity index (χ1) is 10.5. The van der Waals surface area contributed by atoms with Gasteiger partial charge in [-0.15, -0.1) is 0 Å². The fourth-order valence-corrected chi connectivity index (χ4v) is 3.50. The third-order valence-corrected chi connectivity index (χ3v) is 4.67. The van der Waals surface area contributed by atoms with Crippen molar-refractivity contribution in [1.29, 1.82) is 0 Å². The van der Waals surface area contributed by atoms with Crippen molar-refractivity contribution in [3.63, 3.8) is 0 Å². The molecule has 1 aliphatic heterocycles. The summed E-state index contributed by atoms with van der Waals surface area (Å²) in [5, 5.41) is 13.0. The van der Waals surface area contributed by atoms with Gasteiger partial charge in [-0.25, -0.2) is 0 Å². The van der Waals surface area contributed by atoms with Gasteiger partial charge in [-0.05, 0) is 37.9 Å². The quantitative estimate of drug-likeness (QED) is 0.838. The van der Waals surface area contributed by atoms with Gasteiger partial charge in [-0.2, -0.15) is 13.2 Å². The summed E-state index contributed by atoms with van der Waals surface area (Å²) in [6.45, 7) is 1.41. The van der Waals surface area contributed by atoms with Crippen LogP contribution in [0, 0.1) is 0 Å². The van der Waals surface area contributed by atoms with E-state index in [1.54, 1.807) is 0 Å². The van der Waals surface area contributed by atoms with E-state index in [-0.39, 0.29) is 18.0 Å². The lowest BCUT2D eigenvalue weighted by atomic mass is 10.0. The van der Waals surface area contributed by atoms with Gasteiger partial charge in [-0.3, -0.25) is 4.90 Å². The second kappa shape index (κ2) is 6.18. The molecule has 3 rings (SSSR count). The first-order valence-electron chi connectivity index (χ1n) is 7.76. The Hall–Kier alpha value is -1.11. The molecule has 122 valence electrons. The van der Waals surface area contributed by atoms with Gasteiger partial charge in [0.1, 0.15) is 0 Å². The summed E-state index contributed by atoms with van der Waals surface area (Å²) < 4.78 is 39.2. The molecule has 6 heteroatoms. The lowest BCUT2D eigenvalue weighted by Crippen LogP contribution is -2.54. The molecule has 2 N–H and O–H groups in total. The lowest BCUT2D eigenvalue weighted by molar-refractivity contribution is -0.260. The number of aliphatic hydroxyl groups is 1. The van der Waals surface area contributed by atoms with Gasteiger partial charge in [0, 0.05) is 18.0 Å². The predicted octanol–water partition coefficient (Wildman–Crippen LogP) is 2.48. The zero-order chi connectivity index (χ0) is 15.7. The molecule has 1 saturated heterocycles. The van der Waals surface area contributed by atoms with Gasteiger partial charge in [0.15, 0.2) is 0 Å². The Kier molecular flexibility index (Phi) is 4.43.